The fourth-order valence-corrected chi connectivity index (χ4v) is 3.13. The van der Waals surface area contributed by atoms with Gasteiger partial charge < -0.3 is 10.2 Å². The van der Waals surface area contributed by atoms with Gasteiger partial charge >= 0.3 is 0 Å². The van der Waals surface area contributed by atoms with Crippen molar-refractivity contribution in [2.45, 2.75) is 25.8 Å². The summed E-state index contributed by atoms with van der Waals surface area (Å²) < 4.78 is 0. The van der Waals surface area contributed by atoms with Crippen LogP contribution in [-0.2, 0) is 0 Å². The Morgan fingerprint density at radius 3 is 3.00 bits per heavy atom. The molecule has 1 fully saturated rings. The van der Waals surface area contributed by atoms with Crippen LogP contribution in [0.4, 0.5) is 5.82 Å². The van der Waals surface area contributed by atoms with Crippen LogP contribution in [0.2, 0.25) is 5.15 Å². The van der Waals surface area contributed by atoms with Crippen LogP contribution >= 0.6 is 11.6 Å². The number of aryl methyl sites for hydroxylation is 1. The average molecular weight is 291 g/mol. The molecule has 0 unspecified atom stereocenters. The Hall–Kier alpha value is -1.39. The second-order valence-electron chi connectivity index (χ2n) is 5.58. The number of anilines is 1. The zero-order valence-electron chi connectivity index (χ0n) is 11.9. The van der Waals surface area contributed by atoms with Crippen LogP contribution in [0.3, 0.4) is 0 Å². The van der Waals surface area contributed by atoms with Crippen molar-refractivity contribution in [3.63, 3.8) is 0 Å². The fourth-order valence-electron chi connectivity index (χ4n) is 2.93. The van der Waals surface area contributed by atoms with E-state index in [0.717, 1.165) is 23.1 Å². The van der Waals surface area contributed by atoms with E-state index in [-0.39, 0.29) is 0 Å². The lowest BCUT2D eigenvalue weighted by molar-refractivity contribution is 0.261. The molecule has 0 aliphatic carbocycles. The van der Waals surface area contributed by atoms with Gasteiger partial charge in [-0.05, 0) is 38.9 Å². The van der Waals surface area contributed by atoms with E-state index in [2.05, 4.69) is 40.5 Å². The minimum atomic E-state index is 0.423. The second-order valence-corrected chi connectivity index (χ2v) is 5.94. The number of hydrogen-bond acceptors (Lipinski definition) is 4. The van der Waals surface area contributed by atoms with Gasteiger partial charge in [0.1, 0.15) is 0 Å². The summed E-state index contributed by atoms with van der Waals surface area (Å²) in [5.41, 5.74) is 1.17. The smallest absolute Gasteiger partial charge is 0.159 e. The first-order valence-electron chi connectivity index (χ1n) is 7.02. The minimum absolute atomic E-state index is 0.423. The maximum Gasteiger partial charge on any atom is 0.159 e. The molecule has 2 aromatic rings. The summed E-state index contributed by atoms with van der Waals surface area (Å²) in [5.74, 6) is 0.850. The lowest BCUT2D eigenvalue weighted by Crippen LogP contribution is -2.40. The summed E-state index contributed by atoms with van der Waals surface area (Å²) in [7, 11) is 2.16. The van der Waals surface area contributed by atoms with E-state index in [1.54, 1.807) is 0 Å². The number of nitrogens with one attached hydrogen (secondary N) is 1. The van der Waals surface area contributed by atoms with Crippen LogP contribution in [-0.4, -0.2) is 41.3 Å². The van der Waals surface area contributed by atoms with E-state index >= 15 is 0 Å². The molecule has 2 heterocycles. The Kier molecular flexibility index (Phi) is 3.76. The Balaban J connectivity index is 1.97. The molecule has 1 N–H and O–H groups in total. The highest BCUT2D eigenvalue weighted by Gasteiger charge is 2.19. The normalized spacial score (nSPS) is 20.2. The Bertz CT molecular complexity index is 629. The quantitative estimate of drug-likeness (QED) is 0.923. The lowest BCUT2D eigenvalue weighted by atomic mass is 10.0. The Morgan fingerprint density at radius 1 is 1.35 bits per heavy atom. The maximum atomic E-state index is 6.16. The predicted molar refractivity (Wildman–Crippen MR) is 83.4 cm³/mol. The molecule has 4 nitrogen and oxygen atoms in total. The van der Waals surface area contributed by atoms with Crippen molar-refractivity contribution in [3.8, 4) is 0 Å². The zero-order chi connectivity index (χ0) is 14.1. The summed E-state index contributed by atoms with van der Waals surface area (Å²) in [6, 6.07) is 6.51. The molecular weight excluding hydrogens is 272 g/mol. The molecule has 0 saturated carbocycles. The van der Waals surface area contributed by atoms with Crippen molar-refractivity contribution >= 4 is 28.2 Å². The van der Waals surface area contributed by atoms with Gasteiger partial charge in [0.25, 0.3) is 0 Å². The number of likely N-dealkylation sites (tertiary alicyclic amines) is 1. The van der Waals surface area contributed by atoms with Gasteiger partial charge in [0.05, 0.1) is 0 Å². The van der Waals surface area contributed by atoms with Crippen molar-refractivity contribution in [2.24, 2.45) is 0 Å². The molecule has 0 radical (unpaired) electrons. The van der Waals surface area contributed by atoms with Crippen LogP contribution in [0.15, 0.2) is 18.2 Å². The molecule has 1 aliphatic heterocycles. The van der Waals surface area contributed by atoms with Gasteiger partial charge in [-0.2, -0.15) is 0 Å². The molecule has 1 atom stereocenters. The molecule has 0 amide bonds. The van der Waals surface area contributed by atoms with Crippen LogP contribution in [0.5, 0.6) is 0 Å². The fraction of sp³-hybridized carbons (Fsp3) is 0.467. The predicted octanol–water partition coefficient (Wildman–Crippen LogP) is 3.10. The Morgan fingerprint density at radius 2 is 2.20 bits per heavy atom. The number of rotatable bonds is 2. The molecule has 20 heavy (non-hydrogen) atoms. The maximum absolute atomic E-state index is 6.16. The monoisotopic (exact) mass is 290 g/mol. The van der Waals surface area contributed by atoms with E-state index in [4.69, 9.17) is 11.6 Å². The van der Waals surface area contributed by atoms with Gasteiger partial charge in [-0.15, -0.1) is 10.2 Å². The minimum Gasteiger partial charge on any atom is -0.364 e. The van der Waals surface area contributed by atoms with E-state index in [1.807, 2.05) is 12.1 Å². The first-order chi connectivity index (χ1) is 9.65. The van der Waals surface area contributed by atoms with Crippen molar-refractivity contribution < 1.29 is 0 Å². The SMILES string of the molecule is Cc1cccc2c(Cl)nnc(N[C@@H]3CCCN(C)C3)c12. The molecule has 1 aromatic heterocycles. The third kappa shape index (κ3) is 2.58. The van der Waals surface area contributed by atoms with E-state index in [9.17, 15) is 0 Å². The van der Waals surface area contributed by atoms with Gasteiger partial charge in [0, 0.05) is 23.4 Å². The molecule has 0 bridgehead atoms. The van der Waals surface area contributed by atoms with Crippen molar-refractivity contribution in [1.29, 1.82) is 0 Å². The highest BCUT2D eigenvalue weighted by atomic mass is 35.5. The summed E-state index contributed by atoms with van der Waals surface area (Å²) in [6.07, 6.45) is 2.38. The van der Waals surface area contributed by atoms with Crippen LogP contribution in [0, 0.1) is 6.92 Å². The number of nitrogens with zero attached hydrogens (tertiary/aromatic N) is 3. The number of likely N-dealkylation sites (N-methyl/N-ethyl adjacent to an activating group) is 1. The first kappa shape index (κ1) is 13.6. The van der Waals surface area contributed by atoms with Crippen LogP contribution in [0.1, 0.15) is 18.4 Å². The molecule has 1 aliphatic rings. The topological polar surface area (TPSA) is 41.1 Å². The number of piperidine rings is 1. The van der Waals surface area contributed by atoms with Gasteiger partial charge in [-0.3, -0.25) is 0 Å². The number of benzene rings is 1. The lowest BCUT2D eigenvalue weighted by Gasteiger charge is -2.30. The molecule has 5 heteroatoms. The van der Waals surface area contributed by atoms with Gasteiger partial charge in [0.2, 0.25) is 0 Å². The first-order valence-corrected chi connectivity index (χ1v) is 7.39. The third-order valence-electron chi connectivity index (χ3n) is 3.93. The number of halogens is 1. The number of hydrogen-bond donors (Lipinski definition) is 1. The summed E-state index contributed by atoms with van der Waals surface area (Å²) in [5, 5.41) is 14.4. The summed E-state index contributed by atoms with van der Waals surface area (Å²) >= 11 is 6.16. The van der Waals surface area contributed by atoms with E-state index < -0.39 is 0 Å². The number of fused-ring (bicyclic) bond motifs is 1. The average Bonchev–Trinajstić information content (AvgIpc) is 2.42. The molecule has 1 aromatic carbocycles. The molecule has 106 valence electrons. The van der Waals surface area contributed by atoms with Crippen LogP contribution < -0.4 is 5.32 Å². The molecule has 3 rings (SSSR count). The Labute approximate surface area is 124 Å². The van der Waals surface area contributed by atoms with E-state index in [1.165, 1.54) is 24.9 Å². The largest absolute Gasteiger partial charge is 0.364 e. The van der Waals surface area contributed by atoms with Gasteiger partial charge in [-0.1, -0.05) is 29.8 Å². The standard InChI is InChI=1S/C15H19ClN4/c1-10-5-3-7-12-13(10)15(19-18-14(12)16)17-11-6-4-8-20(2)9-11/h3,5,7,11H,4,6,8-9H2,1-2H3,(H,17,19)/t11-/m1/s1. The van der Waals surface area contributed by atoms with Crippen molar-refractivity contribution in [3.05, 3.63) is 28.9 Å². The van der Waals surface area contributed by atoms with Crippen molar-refractivity contribution in [1.82, 2.24) is 15.1 Å². The summed E-state index contributed by atoms with van der Waals surface area (Å²) in [4.78, 5) is 2.35. The highest BCUT2D eigenvalue weighted by molar-refractivity contribution is 6.34. The highest BCUT2D eigenvalue weighted by Crippen LogP contribution is 2.29. The van der Waals surface area contributed by atoms with Crippen LogP contribution in [0.25, 0.3) is 10.8 Å². The third-order valence-corrected chi connectivity index (χ3v) is 4.21. The van der Waals surface area contributed by atoms with Gasteiger partial charge in [-0.25, -0.2) is 0 Å². The summed E-state index contributed by atoms with van der Waals surface area (Å²) in [6.45, 7) is 4.29. The number of aromatic nitrogens is 2. The second kappa shape index (κ2) is 5.54. The molecular formula is C15H19ClN4. The van der Waals surface area contributed by atoms with Crippen molar-refractivity contribution in [2.75, 3.05) is 25.5 Å². The zero-order valence-corrected chi connectivity index (χ0v) is 12.6. The molecule has 0 spiro atoms. The molecule has 1 saturated heterocycles. The van der Waals surface area contributed by atoms with Gasteiger partial charge in [0.15, 0.2) is 11.0 Å². The van der Waals surface area contributed by atoms with E-state index in [0.29, 0.717) is 11.2 Å².